The van der Waals surface area contributed by atoms with Crippen molar-refractivity contribution in [2.75, 3.05) is 11.9 Å². The van der Waals surface area contributed by atoms with Crippen molar-refractivity contribution < 1.29 is 9.90 Å². The average Bonchev–Trinajstić information content (AvgIpc) is 2.95. The van der Waals surface area contributed by atoms with E-state index in [0.717, 1.165) is 26.8 Å². The summed E-state index contributed by atoms with van der Waals surface area (Å²) in [6, 6.07) is 6.88. The Kier molecular flexibility index (Phi) is 5.49. The van der Waals surface area contributed by atoms with Crippen LogP contribution < -0.4 is 5.32 Å². The Hall–Kier alpha value is -2.51. The van der Waals surface area contributed by atoms with Gasteiger partial charge >= 0.3 is 5.97 Å². The molecule has 0 radical (unpaired) electrons. The summed E-state index contributed by atoms with van der Waals surface area (Å²) in [6.45, 7) is 4.51. The molecule has 0 atom stereocenters. The molecule has 2 heterocycles. The van der Waals surface area contributed by atoms with Crippen LogP contribution in [0.15, 0.2) is 30.5 Å². The van der Waals surface area contributed by atoms with Gasteiger partial charge in [0.1, 0.15) is 0 Å². The third-order valence-corrected chi connectivity index (χ3v) is 5.17. The number of carbonyl (C=O) groups is 1. The number of carboxylic acid groups (broad SMARTS) is 1. The van der Waals surface area contributed by atoms with E-state index in [1.165, 1.54) is 0 Å². The maximum Gasteiger partial charge on any atom is 0.337 e. The van der Waals surface area contributed by atoms with Gasteiger partial charge in [-0.2, -0.15) is 0 Å². The summed E-state index contributed by atoms with van der Waals surface area (Å²) in [4.78, 5) is 25.4. The number of halogens is 1. The topological polar surface area (TPSA) is 88.0 Å². The van der Waals surface area contributed by atoms with Crippen molar-refractivity contribution in [3.63, 3.8) is 0 Å². The first-order valence-corrected chi connectivity index (χ1v) is 9.16. The van der Waals surface area contributed by atoms with Gasteiger partial charge in [0, 0.05) is 12.7 Å². The van der Waals surface area contributed by atoms with Gasteiger partial charge in [-0.3, -0.25) is 0 Å². The zero-order valence-electron chi connectivity index (χ0n) is 14.3. The Morgan fingerprint density at radius 1 is 1.27 bits per heavy atom. The minimum absolute atomic E-state index is 0.110. The van der Waals surface area contributed by atoms with Crippen molar-refractivity contribution in [3.05, 3.63) is 57.3 Å². The Morgan fingerprint density at radius 3 is 2.77 bits per heavy atom. The first-order valence-electron chi connectivity index (χ1n) is 7.97. The highest BCUT2D eigenvalue weighted by Gasteiger charge is 2.11. The molecule has 26 heavy (non-hydrogen) atoms. The number of thiazole rings is 1. The Morgan fingerprint density at radius 2 is 2.08 bits per heavy atom. The number of hydrogen-bond donors (Lipinski definition) is 2. The van der Waals surface area contributed by atoms with Crippen LogP contribution in [0.3, 0.4) is 0 Å². The highest BCUT2D eigenvalue weighted by Crippen LogP contribution is 2.28. The van der Waals surface area contributed by atoms with Gasteiger partial charge in [-0.1, -0.05) is 17.7 Å². The predicted molar refractivity (Wildman–Crippen MR) is 103 cm³/mol. The lowest BCUT2D eigenvalue weighted by Gasteiger charge is -2.07. The van der Waals surface area contributed by atoms with E-state index >= 15 is 0 Å². The number of aromatic nitrogens is 3. The first-order chi connectivity index (χ1) is 12.4. The second kappa shape index (κ2) is 7.80. The van der Waals surface area contributed by atoms with E-state index in [2.05, 4.69) is 20.3 Å². The fraction of sp³-hybridized carbons (Fsp3) is 0.222. The highest BCUT2D eigenvalue weighted by molar-refractivity contribution is 7.15. The number of anilines is 1. The minimum atomic E-state index is -1.03. The summed E-state index contributed by atoms with van der Waals surface area (Å²) in [6.07, 6.45) is 2.34. The first kappa shape index (κ1) is 18.3. The molecular formula is C18H17ClN4O2S. The molecule has 0 fully saturated rings. The molecule has 2 aromatic heterocycles. The molecule has 3 aromatic rings. The van der Waals surface area contributed by atoms with E-state index in [9.17, 15) is 4.79 Å². The molecule has 0 amide bonds. The van der Waals surface area contributed by atoms with Crippen LogP contribution in [-0.4, -0.2) is 32.6 Å². The number of aromatic carboxylic acids is 1. The molecule has 6 nitrogen and oxygen atoms in total. The molecule has 0 unspecified atom stereocenters. The van der Waals surface area contributed by atoms with Gasteiger partial charge in [0.25, 0.3) is 0 Å². The molecule has 0 saturated carbocycles. The quantitative estimate of drug-likeness (QED) is 0.657. The van der Waals surface area contributed by atoms with Crippen molar-refractivity contribution in [1.82, 2.24) is 15.0 Å². The average molecular weight is 389 g/mol. The van der Waals surface area contributed by atoms with Gasteiger partial charge in [-0.05, 0) is 44.0 Å². The van der Waals surface area contributed by atoms with Gasteiger partial charge in [-0.15, -0.1) is 11.3 Å². The molecule has 134 valence electrons. The third-order valence-electron chi connectivity index (χ3n) is 3.75. The standard InChI is InChI=1S/C18H17ClN4O2S/c1-10-16(26-11(2)22-10)15-6-8-21-18(23-15)20-7-5-12-3-4-14(19)13(9-12)17(24)25/h3-4,6,8-9H,5,7H2,1-2H3,(H,24,25)(H,20,21,23). The normalized spacial score (nSPS) is 10.7. The smallest absolute Gasteiger partial charge is 0.337 e. The van der Waals surface area contributed by atoms with E-state index in [-0.39, 0.29) is 10.6 Å². The number of nitrogens with zero attached hydrogens (tertiary/aromatic N) is 3. The zero-order chi connectivity index (χ0) is 18.7. The fourth-order valence-electron chi connectivity index (χ4n) is 2.55. The van der Waals surface area contributed by atoms with Crippen molar-refractivity contribution in [1.29, 1.82) is 0 Å². The van der Waals surface area contributed by atoms with Crippen LogP contribution in [0.2, 0.25) is 5.02 Å². The molecule has 2 N–H and O–H groups in total. The Bertz CT molecular complexity index is 958. The largest absolute Gasteiger partial charge is 0.478 e. The molecule has 0 aliphatic heterocycles. The minimum Gasteiger partial charge on any atom is -0.478 e. The summed E-state index contributed by atoms with van der Waals surface area (Å²) >= 11 is 7.50. The second-order valence-corrected chi connectivity index (χ2v) is 7.32. The van der Waals surface area contributed by atoms with E-state index < -0.39 is 5.97 Å². The Balaban J connectivity index is 1.67. The summed E-state index contributed by atoms with van der Waals surface area (Å²) in [7, 11) is 0. The van der Waals surface area contributed by atoms with Crippen molar-refractivity contribution in [2.24, 2.45) is 0 Å². The number of aryl methyl sites for hydroxylation is 2. The number of hydrogen-bond acceptors (Lipinski definition) is 6. The SMILES string of the molecule is Cc1nc(C)c(-c2ccnc(NCCc3ccc(Cl)c(C(=O)O)c3)n2)s1. The molecule has 0 saturated heterocycles. The van der Waals surface area contributed by atoms with Gasteiger partial charge < -0.3 is 10.4 Å². The fourth-order valence-corrected chi connectivity index (χ4v) is 3.64. The summed E-state index contributed by atoms with van der Waals surface area (Å²) in [5.74, 6) is -0.503. The number of carboxylic acids is 1. The van der Waals surface area contributed by atoms with Gasteiger partial charge in [0.05, 0.1) is 31.9 Å². The maximum absolute atomic E-state index is 11.1. The predicted octanol–water partition coefficient (Wildman–Crippen LogP) is 4.22. The van der Waals surface area contributed by atoms with Crippen molar-refractivity contribution in [2.45, 2.75) is 20.3 Å². The summed E-state index contributed by atoms with van der Waals surface area (Å²) in [5.41, 5.74) is 2.78. The maximum atomic E-state index is 11.1. The molecule has 8 heteroatoms. The zero-order valence-corrected chi connectivity index (χ0v) is 15.9. The van der Waals surface area contributed by atoms with Crippen LogP contribution in [-0.2, 0) is 6.42 Å². The van der Waals surface area contributed by atoms with Crippen molar-refractivity contribution >= 4 is 34.9 Å². The van der Waals surface area contributed by atoms with E-state index in [1.807, 2.05) is 26.0 Å². The monoisotopic (exact) mass is 388 g/mol. The van der Waals surface area contributed by atoms with Gasteiger partial charge in [0.2, 0.25) is 5.95 Å². The van der Waals surface area contributed by atoms with Crippen molar-refractivity contribution in [3.8, 4) is 10.6 Å². The van der Waals surface area contributed by atoms with E-state index in [1.54, 1.807) is 29.7 Å². The van der Waals surface area contributed by atoms with Gasteiger partial charge in [-0.25, -0.2) is 19.7 Å². The second-order valence-electron chi connectivity index (χ2n) is 5.71. The summed E-state index contributed by atoms with van der Waals surface area (Å²) in [5, 5.41) is 13.5. The number of benzene rings is 1. The lowest BCUT2D eigenvalue weighted by molar-refractivity contribution is 0.0697. The number of nitrogens with one attached hydrogen (secondary N) is 1. The molecule has 1 aromatic carbocycles. The van der Waals surface area contributed by atoms with Crippen LogP contribution in [0.1, 0.15) is 26.6 Å². The van der Waals surface area contributed by atoms with Gasteiger partial charge in [0.15, 0.2) is 0 Å². The molecule has 0 bridgehead atoms. The molecule has 0 aliphatic carbocycles. The summed E-state index contributed by atoms with van der Waals surface area (Å²) < 4.78 is 0. The molecule has 3 rings (SSSR count). The lowest BCUT2D eigenvalue weighted by Crippen LogP contribution is -2.09. The number of rotatable bonds is 6. The Labute approximate surface area is 159 Å². The molecule has 0 aliphatic rings. The van der Waals surface area contributed by atoms with E-state index in [0.29, 0.717) is 18.9 Å². The van der Waals surface area contributed by atoms with Crippen LogP contribution in [0.25, 0.3) is 10.6 Å². The van der Waals surface area contributed by atoms with Crippen LogP contribution in [0.4, 0.5) is 5.95 Å². The lowest BCUT2D eigenvalue weighted by atomic mass is 10.1. The van der Waals surface area contributed by atoms with E-state index in [4.69, 9.17) is 16.7 Å². The third kappa shape index (κ3) is 4.17. The highest BCUT2D eigenvalue weighted by atomic mass is 35.5. The van der Waals surface area contributed by atoms with Crippen LogP contribution >= 0.6 is 22.9 Å². The molecular weight excluding hydrogens is 372 g/mol. The molecule has 0 spiro atoms. The van der Waals surface area contributed by atoms with Crippen LogP contribution in [0.5, 0.6) is 0 Å². The van der Waals surface area contributed by atoms with Crippen LogP contribution in [0, 0.1) is 13.8 Å².